The van der Waals surface area contributed by atoms with Crippen molar-refractivity contribution in [2.24, 2.45) is 0 Å². The molecule has 0 aliphatic carbocycles. The lowest BCUT2D eigenvalue weighted by molar-refractivity contribution is -0.295. The Bertz CT molecular complexity index is 594. The summed E-state index contributed by atoms with van der Waals surface area (Å²) in [5, 5.41) is 42.2. The molecule has 0 aromatic carbocycles. The van der Waals surface area contributed by atoms with E-state index >= 15 is 0 Å². The molecule has 154 valence electrons. The van der Waals surface area contributed by atoms with Gasteiger partial charge in [-0.1, -0.05) is 0 Å². The number of nitrogens with one attached hydrogen (secondary N) is 1. The van der Waals surface area contributed by atoms with Crippen molar-refractivity contribution in [3.8, 4) is 0 Å². The molecule has 1 fully saturated rings. The summed E-state index contributed by atoms with van der Waals surface area (Å²) in [6.07, 6.45) is -7.51. The Hall–Kier alpha value is -2.28. The molecule has 1 amide bonds. The van der Waals surface area contributed by atoms with E-state index in [9.17, 15) is 34.5 Å². The summed E-state index contributed by atoms with van der Waals surface area (Å²) < 4.78 is 14.6. The molecule has 0 radical (unpaired) electrons. The maximum Gasteiger partial charge on any atom is 0.364 e. The summed E-state index contributed by atoms with van der Waals surface area (Å²) >= 11 is 0. The second-order valence-corrected chi connectivity index (χ2v) is 6.11. The highest BCUT2D eigenvalue weighted by Gasteiger charge is 2.54. The molecule has 5 N–H and O–H groups in total. The lowest BCUT2D eigenvalue weighted by Crippen LogP contribution is -2.67. The van der Waals surface area contributed by atoms with Crippen LogP contribution in [0.4, 0.5) is 0 Å². The smallest absolute Gasteiger partial charge is 0.364 e. The highest BCUT2D eigenvalue weighted by atomic mass is 16.7. The standard InChI is InChI=1S/C15H23NO11/c1-6(17)16-11-9(20)4-15(24,14(22)23)27-13(11)12(21)10(26-8(3)19)5-25-7(2)18/h9-13,20-21,24H,4-5H2,1-3H3,(H,16,17)(H,22,23)/t9-,10+,11+,12+,13+,15+/m0/s1. The Morgan fingerprint density at radius 1 is 1.22 bits per heavy atom. The molecule has 6 atom stereocenters. The first-order valence-corrected chi connectivity index (χ1v) is 7.94. The van der Waals surface area contributed by atoms with Crippen LogP contribution in [0.2, 0.25) is 0 Å². The fourth-order valence-corrected chi connectivity index (χ4v) is 2.64. The minimum absolute atomic E-state index is 0.607. The van der Waals surface area contributed by atoms with Crippen LogP contribution in [0.15, 0.2) is 0 Å². The van der Waals surface area contributed by atoms with E-state index in [2.05, 4.69) is 5.32 Å². The van der Waals surface area contributed by atoms with Crippen molar-refractivity contribution >= 4 is 23.8 Å². The molecule has 0 saturated carbocycles. The molecule has 1 rings (SSSR count). The van der Waals surface area contributed by atoms with Crippen LogP contribution >= 0.6 is 0 Å². The molecule has 12 nitrogen and oxygen atoms in total. The van der Waals surface area contributed by atoms with Crippen molar-refractivity contribution in [3.05, 3.63) is 0 Å². The zero-order chi connectivity index (χ0) is 20.9. The van der Waals surface area contributed by atoms with E-state index in [1.807, 2.05) is 0 Å². The maximum atomic E-state index is 11.4. The van der Waals surface area contributed by atoms with Crippen LogP contribution in [0.25, 0.3) is 0 Å². The molecular weight excluding hydrogens is 370 g/mol. The molecule has 0 unspecified atom stereocenters. The second kappa shape index (κ2) is 9.08. The first-order chi connectivity index (χ1) is 12.4. The topological polar surface area (TPSA) is 189 Å². The maximum absolute atomic E-state index is 11.4. The SMILES string of the molecule is CC(=O)N[C@H]1[C@H]([C@H](O)[C@@H](COC(C)=O)OC(C)=O)O[C@@](O)(C(=O)O)C[C@@H]1O. The van der Waals surface area contributed by atoms with E-state index in [0.717, 1.165) is 20.8 Å². The summed E-state index contributed by atoms with van der Waals surface area (Å²) in [6, 6.07) is -1.34. The van der Waals surface area contributed by atoms with Crippen molar-refractivity contribution in [3.63, 3.8) is 0 Å². The van der Waals surface area contributed by atoms with Gasteiger partial charge in [-0.25, -0.2) is 4.79 Å². The van der Waals surface area contributed by atoms with Crippen molar-refractivity contribution in [1.29, 1.82) is 0 Å². The van der Waals surface area contributed by atoms with Crippen LogP contribution in [0, 0.1) is 0 Å². The van der Waals surface area contributed by atoms with Gasteiger partial charge in [-0.3, -0.25) is 14.4 Å². The van der Waals surface area contributed by atoms with E-state index in [4.69, 9.17) is 19.3 Å². The van der Waals surface area contributed by atoms with Gasteiger partial charge in [0, 0.05) is 27.2 Å². The van der Waals surface area contributed by atoms with Crippen molar-refractivity contribution in [1.82, 2.24) is 5.32 Å². The third kappa shape index (κ3) is 6.13. The molecule has 0 aromatic heterocycles. The molecule has 0 spiro atoms. The normalized spacial score (nSPS) is 29.9. The van der Waals surface area contributed by atoms with Gasteiger partial charge < -0.3 is 40.0 Å². The van der Waals surface area contributed by atoms with Crippen LogP contribution in [0.5, 0.6) is 0 Å². The molecule has 1 aliphatic rings. The number of hydrogen-bond donors (Lipinski definition) is 5. The molecule has 27 heavy (non-hydrogen) atoms. The monoisotopic (exact) mass is 393 g/mol. The minimum Gasteiger partial charge on any atom is -0.477 e. The summed E-state index contributed by atoms with van der Waals surface area (Å²) in [5.74, 6) is -6.92. The Morgan fingerprint density at radius 2 is 1.81 bits per heavy atom. The number of carbonyl (C=O) groups is 4. The van der Waals surface area contributed by atoms with Crippen molar-refractivity contribution in [2.75, 3.05) is 6.61 Å². The van der Waals surface area contributed by atoms with E-state index in [1.54, 1.807) is 0 Å². The Kier molecular flexibility index (Phi) is 7.65. The van der Waals surface area contributed by atoms with E-state index < -0.39 is 73.1 Å². The van der Waals surface area contributed by atoms with Crippen LogP contribution in [-0.4, -0.2) is 87.1 Å². The molecular formula is C15H23NO11. The Labute approximate surface area is 154 Å². The lowest BCUT2D eigenvalue weighted by atomic mass is 9.88. The fourth-order valence-electron chi connectivity index (χ4n) is 2.64. The zero-order valence-corrected chi connectivity index (χ0v) is 14.9. The predicted octanol–water partition coefficient (Wildman–Crippen LogP) is -2.73. The number of carboxylic acid groups (broad SMARTS) is 1. The average Bonchev–Trinajstić information content (AvgIpc) is 2.52. The van der Waals surface area contributed by atoms with Crippen molar-refractivity contribution in [2.45, 2.75) is 63.4 Å². The first kappa shape index (κ1) is 22.8. The van der Waals surface area contributed by atoms with E-state index in [-0.39, 0.29) is 0 Å². The average molecular weight is 393 g/mol. The minimum atomic E-state index is -2.86. The number of aliphatic carboxylic acids is 1. The fraction of sp³-hybridized carbons (Fsp3) is 0.733. The van der Waals surface area contributed by atoms with Gasteiger partial charge in [-0.15, -0.1) is 0 Å². The molecule has 1 heterocycles. The zero-order valence-electron chi connectivity index (χ0n) is 14.9. The lowest BCUT2D eigenvalue weighted by Gasteiger charge is -2.45. The summed E-state index contributed by atoms with van der Waals surface area (Å²) in [4.78, 5) is 44.9. The highest BCUT2D eigenvalue weighted by Crippen LogP contribution is 2.31. The molecule has 12 heteroatoms. The van der Waals surface area contributed by atoms with Gasteiger partial charge in [-0.05, 0) is 0 Å². The number of rotatable bonds is 7. The largest absolute Gasteiger partial charge is 0.477 e. The first-order valence-electron chi connectivity index (χ1n) is 7.94. The molecule has 0 bridgehead atoms. The van der Waals surface area contributed by atoms with Gasteiger partial charge >= 0.3 is 17.9 Å². The third-order valence-electron chi connectivity index (χ3n) is 3.78. The summed E-state index contributed by atoms with van der Waals surface area (Å²) in [6.45, 7) is 2.59. The third-order valence-corrected chi connectivity index (χ3v) is 3.78. The summed E-state index contributed by atoms with van der Waals surface area (Å²) in [7, 11) is 0. The number of ether oxygens (including phenoxy) is 3. The predicted molar refractivity (Wildman–Crippen MR) is 83.9 cm³/mol. The Morgan fingerprint density at radius 3 is 2.26 bits per heavy atom. The quantitative estimate of drug-likeness (QED) is 0.282. The van der Waals surface area contributed by atoms with E-state index in [1.165, 1.54) is 0 Å². The van der Waals surface area contributed by atoms with Gasteiger partial charge in [0.15, 0.2) is 6.10 Å². The summed E-state index contributed by atoms with van der Waals surface area (Å²) in [5.41, 5.74) is 0. The van der Waals surface area contributed by atoms with E-state index in [0.29, 0.717) is 0 Å². The number of carboxylic acids is 1. The second-order valence-electron chi connectivity index (χ2n) is 6.11. The Balaban J connectivity index is 3.18. The number of amides is 1. The van der Waals surface area contributed by atoms with Gasteiger partial charge in [-0.2, -0.15) is 0 Å². The molecule has 1 saturated heterocycles. The highest BCUT2D eigenvalue weighted by molar-refractivity contribution is 5.76. The molecule has 0 aromatic rings. The van der Waals surface area contributed by atoms with Gasteiger partial charge in [0.2, 0.25) is 5.91 Å². The van der Waals surface area contributed by atoms with Crippen LogP contribution in [0.3, 0.4) is 0 Å². The van der Waals surface area contributed by atoms with Crippen LogP contribution in [0.1, 0.15) is 27.2 Å². The van der Waals surface area contributed by atoms with Crippen LogP contribution in [-0.2, 0) is 33.4 Å². The van der Waals surface area contributed by atoms with Crippen molar-refractivity contribution < 1.29 is 53.8 Å². The number of hydrogen-bond acceptors (Lipinski definition) is 10. The number of carbonyl (C=O) groups excluding carboxylic acids is 3. The number of aliphatic hydroxyl groups is 3. The molecule has 1 aliphatic heterocycles. The van der Waals surface area contributed by atoms with Crippen LogP contribution < -0.4 is 5.32 Å². The van der Waals surface area contributed by atoms with Gasteiger partial charge in [0.25, 0.3) is 5.79 Å². The van der Waals surface area contributed by atoms with Gasteiger partial charge in [0.05, 0.1) is 12.1 Å². The number of aliphatic hydroxyl groups excluding tert-OH is 2. The van der Waals surface area contributed by atoms with Gasteiger partial charge in [0.1, 0.15) is 18.8 Å². The number of esters is 2.